The van der Waals surface area contributed by atoms with Gasteiger partial charge < -0.3 is 20.3 Å². The maximum atomic E-state index is 13.8. The van der Waals surface area contributed by atoms with Gasteiger partial charge in [-0.3, -0.25) is 0 Å². The molecule has 0 radical (unpaired) electrons. The van der Waals surface area contributed by atoms with E-state index in [1.165, 1.54) is 6.07 Å². The molecule has 0 heterocycles. The first kappa shape index (κ1) is 28.8. The van der Waals surface area contributed by atoms with Gasteiger partial charge in [0.05, 0.1) is 29.4 Å². The number of rotatable bonds is 12. The van der Waals surface area contributed by atoms with E-state index in [4.69, 9.17) is 16.3 Å². The fourth-order valence-corrected chi connectivity index (χ4v) is 4.51. The number of aliphatic hydroxyl groups is 1. The predicted molar refractivity (Wildman–Crippen MR) is 146 cm³/mol. The number of aromatic carboxylic acids is 1. The summed E-state index contributed by atoms with van der Waals surface area (Å²) in [5.74, 6) is -1.37. The molecule has 3 N–H and O–H groups in total. The predicted octanol–water partition coefficient (Wildman–Crippen LogP) is 6.46. The zero-order valence-corrected chi connectivity index (χ0v) is 22.5. The Hall–Kier alpha value is -2.77. The minimum atomic E-state index is -0.931. The smallest absolute Gasteiger partial charge is 0.335 e. The number of nitrogens with one attached hydrogen (secondary N) is 1. The van der Waals surface area contributed by atoms with E-state index < -0.39 is 17.9 Å². The van der Waals surface area contributed by atoms with Crippen LogP contribution >= 0.6 is 11.6 Å². The van der Waals surface area contributed by atoms with Crippen LogP contribution < -0.4 is 5.32 Å². The van der Waals surface area contributed by atoms with Gasteiger partial charge in [0.25, 0.3) is 0 Å². The highest BCUT2D eigenvalue weighted by Gasteiger charge is 2.21. The summed E-state index contributed by atoms with van der Waals surface area (Å²) >= 11 is 5.78. The number of β-amino-alcohol motifs (C(OH)–C–C–N with tert-alkyl or cyclic N) is 1. The number of carbonyl (C=O) groups is 1. The first-order valence-electron chi connectivity index (χ1n) is 12.4. The Labute approximate surface area is 223 Å². The molecule has 0 spiro atoms. The van der Waals surface area contributed by atoms with Crippen LogP contribution in [-0.2, 0) is 17.6 Å². The molecule has 0 amide bonds. The van der Waals surface area contributed by atoms with Crippen LogP contribution in [0.4, 0.5) is 4.39 Å². The number of hydrogen-bond donors (Lipinski definition) is 3. The molecule has 5 nitrogen and oxygen atoms in total. The summed E-state index contributed by atoms with van der Waals surface area (Å²) in [7, 11) is 0. The van der Waals surface area contributed by atoms with Crippen LogP contribution in [-0.4, -0.2) is 41.0 Å². The Balaban J connectivity index is 1.61. The summed E-state index contributed by atoms with van der Waals surface area (Å²) in [4.78, 5) is 11.5. The summed E-state index contributed by atoms with van der Waals surface area (Å²) in [6.45, 7) is 8.30. The Kier molecular flexibility index (Phi) is 9.85. The van der Waals surface area contributed by atoms with E-state index in [1.54, 1.807) is 18.2 Å². The number of aryl methyl sites for hydroxylation is 1. The van der Waals surface area contributed by atoms with Crippen molar-refractivity contribution >= 4 is 17.6 Å². The highest BCUT2D eigenvalue weighted by Crippen LogP contribution is 2.31. The lowest BCUT2D eigenvalue weighted by molar-refractivity contribution is -0.00397. The number of carboxylic acids is 1. The van der Waals surface area contributed by atoms with Crippen LogP contribution in [0.2, 0.25) is 5.02 Å². The first-order valence-corrected chi connectivity index (χ1v) is 12.8. The monoisotopic (exact) mass is 527 g/mol. The second-order valence-electron chi connectivity index (χ2n) is 9.94. The fraction of sp³-hybridized carbons (Fsp3) is 0.367. The number of ether oxygens (including phenoxy) is 1. The second kappa shape index (κ2) is 12.7. The lowest BCUT2D eigenvalue weighted by atomic mass is 9.93. The van der Waals surface area contributed by atoms with E-state index >= 15 is 0 Å². The van der Waals surface area contributed by atoms with Crippen molar-refractivity contribution in [2.45, 2.75) is 58.3 Å². The number of aliphatic hydroxyl groups excluding tert-OH is 1. The molecule has 0 aliphatic rings. The van der Waals surface area contributed by atoms with Gasteiger partial charge in [-0.1, -0.05) is 61.0 Å². The molecule has 7 heteroatoms. The van der Waals surface area contributed by atoms with Crippen LogP contribution in [0.25, 0.3) is 11.1 Å². The van der Waals surface area contributed by atoms with Crippen LogP contribution in [0.1, 0.15) is 60.8 Å². The number of carboxylic acid groups (broad SMARTS) is 1. The number of halogens is 2. The molecule has 3 aromatic carbocycles. The van der Waals surface area contributed by atoms with Crippen molar-refractivity contribution in [2.75, 3.05) is 13.2 Å². The van der Waals surface area contributed by atoms with E-state index in [2.05, 4.69) is 5.32 Å². The van der Waals surface area contributed by atoms with E-state index in [0.717, 1.165) is 27.8 Å². The van der Waals surface area contributed by atoms with Gasteiger partial charge in [0.15, 0.2) is 0 Å². The second-order valence-corrected chi connectivity index (χ2v) is 10.3. The molecule has 0 aliphatic heterocycles. The topological polar surface area (TPSA) is 78.8 Å². The molecule has 0 bridgehead atoms. The van der Waals surface area contributed by atoms with Gasteiger partial charge in [-0.25, -0.2) is 9.18 Å². The van der Waals surface area contributed by atoms with Crippen molar-refractivity contribution < 1.29 is 24.1 Å². The Morgan fingerprint density at radius 3 is 2.54 bits per heavy atom. The van der Waals surface area contributed by atoms with Crippen molar-refractivity contribution in [2.24, 2.45) is 0 Å². The molecular formula is C30H35ClFNO4. The fourth-order valence-electron chi connectivity index (χ4n) is 4.40. The zero-order valence-electron chi connectivity index (χ0n) is 21.7. The van der Waals surface area contributed by atoms with Crippen LogP contribution in [0.15, 0.2) is 60.7 Å². The third-order valence-corrected chi connectivity index (χ3v) is 6.72. The van der Waals surface area contributed by atoms with Gasteiger partial charge in [-0.05, 0) is 79.6 Å². The molecule has 37 heavy (non-hydrogen) atoms. The average Bonchev–Trinajstić information content (AvgIpc) is 2.87. The molecule has 0 saturated heterocycles. The van der Waals surface area contributed by atoms with E-state index in [-0.39, 0.29) is 23.3 Å². The Morgan fingerprint density at radius 1 is 1.14 bits per heavy atom. The quantitative estimate of drug-likeness (QED) is 0.252. The first-order chi connectivity index (χ1) is 17.5. The molecule has 0 aliphatic carbocycles. The standard InChI is InChI=1S/C30H35ClFNO4/c1-5-21-15-22(11-12-26(21)29(35)36)25-9-7-6-8-24(25)19(2)37-18-23(34)17-33-30(3,4)16-20-10-13-27(31)28(32)14-20/h6-15,19,23,33-34H,5,16-18H2,1-4H3,(H,35,36)/t19-,23-/m1/s1. The molecule has 0 unspecified atom stereocenters. The summed E-state index contributed by atoms with van der Waals surface area (Å²) < 4.78 is 19.8. The SMILES string of the molecule is CCc1cc(-c2ccccc2[C@@H](C)OC[C@H](O)CNC(C)(C)Cc2ccc(Cl)c(F)c2)ccc1C(=O)O. The number of hydrogen-bond acceptors (Lipinski definition) is 4. The van der Waals surface area contributed by atoms with Crippen molar-refractivity contribution in [3.05, 3.63) is 93.8 Å². The van der Waals surface area contributed by atoms with Crippen molar-refractivity contribution in [1.29, 1.82) is 0 Å². The Morgan fingerprint density at radius 2 is 1.86 bits per heavy atom. The molecule has 3 rings (SSSR count). The maximum Gasteiger partial charge on any atom is 0.335 e. The third-order valence-electron chi connectivity index (χ3n) is 6.41. The van der Waals surface area contributed by atoms with Crippen molar-refractivity contribution in [3.63, 3.8) is 0 Å². The van der Waals surface area contributed by atoms with Gasteiger partial charge in [0, 0.05) is 12.1 Å². The molecular weight excluding hydrogens is 493 g/mol. The van der Waals surface area contributed by atoms with Crippen LogP contribution in [0.3, 0.4) is 0 Å². The minimum Gasteiger partial charge on any atom is -0.478 e. The molecule has 198 valence electrons. The zero-order chi connectivity index (χ0) is 27.2. The highest BCUT2D eigenvalue weighted by molar-refractivity contribution is 6.30. The largest absolute Gasteiger partial charge is 0.478 e. The molecule has 2 atom stereocenters. The van der Waals surface area contributed by atoms with Gasteiger partial charge >= 0.3 is 5.97 Å². The van der Waals surface area contributed by atoms with Gasteiger partial charge in [-0.15, -0.1) is 0 Å². The normalized spacial score (nSPS) is 13.4. The summed E-state index contributed by atoms with van der Waals surface area (Å²) in [6, 6.07) is 18.0. The van der Waals surface area contributed by atoms with E-state index in [0.29, 0.717) is 24.9 Å². The van der Waals surface area contributed by atoms with Crippen molar-refractivity contribution in [3.8, 4) is 11.1 Å². The molecule has 3 aromatic rings. The average molecular weight is 528 g/mol. The highest BCUT2D eigenvalue weighted by atomic mass is 35.5. The third kappa shape index (κ3) is 7.86. The lowest BCUT2D eigenvalue weighted by Gasteiger charge is -2.28. The molecule has 0 fully saturated rings. The lowest BCUT2D eigenvalue weighted by Crippen LogP contribution is -2.46. The molecule has 0 saturated carbocycles. The summed E-state index contributed by atoms with van der Waals surface area (Å²) in [5, 5.41) is 23.4. The number of benzene rings is 3. The summed E-state index contributed by atoms with van der Waals surface area (Å²) in [5.41, 5.74) is 4.38. The van der Waals surface area contributed by atoms with Gasteiger partial charge in [0.2, 0.25) is 0 Å². The van der Waals surface area contributed by atoms with Crippen LogP contribution in [0, 0.1) is 5.82 Å². The van der Waals surface area contributed by atoms with Crippen LogP contribution in [0.5, 0.6) is 0 Å². The van der Waals surface area contributed by atoms with Crippen molar-refractivity contribution in [1.82, 2.24) is 5.32 Å². The maximum absolute atomic E-state index is 13.8. The molecule has 0 aromatic heterocycles. The van der Waals surface area contributed by atoms with E-state index in [1.807, 2.05) is 64.1 Å². The van der Waals surface area contributed by atoms with Gasteiger partial charge in [0.1, 0.15) is 5.82 Å². The Bertz CT molecular complexity index is 1230. The van der Waals surface area contributed by atoms with E-state index in [9.17, 15) is 19.4 Å². The minimum absolute atomic E-state index is 0.0980. The van der Waals surface area contributed by atoms with Gasteiger partial charge in [-0.2, -0.15) is 0 Å². The summed E-state index contributed by atoms with van der Waals surface area (Å²) in [6.07, 6.45) is 0.155.